The van der Waals surface area contributed by atoms with Crippen LogP contribution in [0.4, 0.5) is 0 Å². The third-order valence-electron chi connectivity index (χ3n) is 4.76. The molecule has 0 bridgehead atoms. The number of amides is 2. The van der Waals surface area contributed by atoms with Crippen LogP contribution in [0.25, 0.3) is 0 Å². The van der Waals surface area contributed by atoms with Crippen LogP contribution in [-0.2, 0) is 20.7 Å². The Kier molecular flexibility index (Phi) is 5.89. The number of ether oxygens (including phenoxy) is 1. The smallest absolute Gasteiger partial charge is 0.226 e. The topological polar surface area (TPSA) is 49.9 Å². The minimum atomic E-state index is 0.0537. The van der Waals surface area contributed by atoms with Crippen molar-refractivity contribution in [3.63, 3.8) is 0 Å². The molecule has 24 heavy (non-hydrogen) atoms. The van der Waals surface area contributed by atoms with E-state index in [1.807, 2.05) is 34.1 Å². The summed E-state index contributed by atoms with van der Waals surface area (Å²) in [7, 11) is 0. The molecule has 0 N–H and O–H groups in total. The van der Waals surface area contributed by atoms with Crippen molar-refractivity contribution >= 4 is 27.7 Å². The summed E-state index contributed by atoms with van der Waals surface area (Å²) in [6.45, 7) is 4.01. The van der Waals surface area contributed by atoms with Crippen molar-refractivity contribution in [2.75, 3.05) is 39.4 Å². The second-order valence-corrected chi connectivity index (χ2v) is 7.32. The minimum Gasteiger partial charge on any atom is -0.378 e. The highest BCUT2D eigenvalue weighted by atomic mass is 79.9. The Hall–Kier alpha value is -1.40. The summed E-state index contributed by atoms with van der Waals surface area (Å²) in [5.74, 6) is 0.431. The van der Waals surface area contributed by atoms with Crippen molar-refractivity contribution in [2.45, 2.75) is 19.3 Å². The summed E-state index contributed by atoms with van der Waals surface area (Å²) in [5.41, 5.74) is 1.01. The van der Waals surface area contributed by atoms with Crippen molar-refractivity contribution in [1.82, 2.24) is 9.80 Å². The lowest BCUT2D eigenvalue weighted by molar-refractivity contribution is -0.143. The van der Waals surface area contributed by atoms with Crippen LogP contribution in [0.15, 0.2) is 28.7 Å². The molecular weight excluding hydrogens is 372 g/mol. The Labute approximate surface area is 151 Å². The van der Waals surface area contributed by atoms with Crippen LogP contribution in [0.2, 0.25) is 0 Å². The zero-order valence-corrected chi connectivity index (χ0v) is 15.3. The Morgan fingerprint density at radius 2 is 1.79 bits per heavy atom. The molecule has 2 amide bonds. The first-order valence-electron chi connectivity index (χ1n) is 8.52. The van der Waals surface area contributed by atoms with Gasteiger partial charge in [0.25, 0.3) is 0 Å². The number of likely N-dealkylation sites (tertiary alicyclic amines) is 1. The van der Waals surface area contributed by atoms with E-state index in [1.165, 1.54) is 0 Å². The van der Waals surface area contributed by atoms with Crippen molar-refractivity contribution in [1.29, 1.82) is 0 Å². The van der Waals surface area contributed by atoms with Gasteiger partial charge >= 0.3 is 0 Å². The number of carbonyl (C=O) groups is 2. The predicted octanol–water partition coefficient (Wildman–Crippen LogP) is 2.09. The molecule has 2 heterocycles. The van der Waals surface area contributed by atoms with Crippen molar-refractivity contribution in [2.24, 2.45) is 5.92 Å². The van der Waals surface area contributed by atoms with Crippen LogP contribution >= 0.6 is 15.9 Å². The summed E-state index contributed by atoms with van der Waals surface area (Å²) in [5, 5.41) is 0. The zero-order valence-electron chi connectivity index (χ0n) is 13.7. The molecule has 3 rings (SSSR count). The van der Waals surface area contributed by atoms with Gasteiger partial charge in [0.2, 0.25) is 11.8 Å². The third-order valence-corrected chi connectivity index (χ3v) is 5.26. The average molecular weight is 395 g/mol. The van der Waals surface area contributed by atoms with E-state index in [9.17, 15) is 9.59 Å². The van der Waals surface area contributed by atoms with Crippen LogP contribution in [-0.4, -0.2) is 61.0 Å². The highest BCUT2D eigenvalue weighted by Gasteiger charge is 2.30. The van der Waals surface area contributed by atoms with Crippen LogP contribution in [0.3, 0.4) is 0 Å². The lowest BCUT2D eigenvalue weighted by Gasteiger charge is -2.35. The number of halogens is 1. The summed E-state index contributed by atoms with van der Waals surface area (Å²) >= 11 is 3.43. The van der Waals surface area contributed by atoms with Crippen LogP contribution < -0.4 is 0 Å². The van der Waals surface area contributed by atoms with Gasteiger partial charge in [0.15, 0.2) is 0 Å². The molecule has 0 spiro atoms. The van der Waals surface area contributed by atoms with E-state index in [-0.39, 0.29) is 17.7 Å². The molecule has 0 unspecified atom stereocenters. The molecule has 2 saturated heterocycles. The van der Waals surface area contributed by atoms with Gasteiger partial charge < -0.3 is 14.5 Å². The van der Waals surface area contributed by atoms with Crippen LogP contribution in [0.1, 0.15) is 18.4 Å². The Balaban J connectivity index is 1.49. The van der Waals surface area contributed by atoms with Crippen molar-refractivity contribution in [3.05, 3.63) is 34.3 Å². The van der Waals surface area contributed by atoms with E-state index in [0.717, 1.165) is 22.9 Å². The zero-order chi connectivity index (χ0) is 16.9. The highest BCUT2D eigenvalue weighted by Crippen LogP contribution is 2.21. The third kappa shape index (κ3) is 4.36. The van der Waals surface area contributed by atoms with E-state index >= 15 is 0 Å². The van der Waals surface area contributed by atoms with Gasteiger partial charge in [-0.05, 0) is 30.5 Å². The van der Waals surface area contributed by atoms with Gasteiger partial charge in [-0.25, -0.2) is 0 Å². The first-order chi connectivity index (χ1) is 11.6. The van der Waals surface area contributed by atoms with Gasteiger partial charge in [-0.3, -0.25) is 9.59 Å². The van der Waals surface area contributed by atoms with E-state index in [0.29, 0.717) is 45.8 Å². The predicted molar refractivity (Wildman–Crippen MR) is 94.5 cm³/mol. The van der Waals surface area contributed by atoms with E-state index in [2.05, 4.69) is 15.9 Å². The summed E-state index contributed by atoms with van der Waals surface area (Å²) in [4.78, 5) is 28.8. The molecule has 0 aliphatic carbocycles. The van der Waals surface area contributed by atoms with Crippen molar-refractivity contribution < 1.29 is 14.3 Å². The Morgan fingerprint density at radius 1 is 1.08 bits per heavy atom. The van der Waals surface area contributed by atoms with Gasteiger partial charge in [-0.2, -0.15) is 0 Å². The number of carbonyl (C=O) groups excluding carboxylic acids is 2. The fourth-order valence-electron chi connectivity index (χ4n) is 3.35. The molecule has 1 aromatic carbocycles. The average Bonchev–Trinajstić information content (AvgIpc) is 2.62. The SMILES string of the molecule is O=C(Cc1cccc(Br)c1)N1CCC(C(=O)N2CCOCC2)CC1. The lowest BCUT2D eigenvalue weighted by Crippen LogP contribution is -2.47. The minimum absolute atomic E-state index is 0.0537. The largest absolute Gasteiger partial charge is 0.378 e. The van der Waals surface area contributed by atoms with E-state index < -0.39 is 0 Å². The maximum atomic E-state index is 12.5. The first kappa shape index (κ1) is 17.4. The molecule has 2 aliphatic heterocycles. The molecule has 0 radical (unpaired) electrons. The van der Waals surface area contributed by atoms with E-state index in [1.54, 1.807) is 0 Å². The second-order valence-electron chi connectivity index (χ2n) is 6.40. The maximum Gasteiger partial charge on any atom is 0.226 e. The molecule has 5 nitrogen and oxygen atoms in total. The second kappa shape index (κ2) is 8.12. The lowest BCUT2D eigenvalue weighted by atomic mass is 9.94. The van der Waals surface area contributed by atoms with Gasteiger partial charge in [0.05, 0.1) is 19.6 Å². The van der Waals surface area contributed by atoms with Crippen LogP contribution in [0.5, 0.6) is 0 Å². The van der Waals surface area contributed by atoms with Gasteiger partial charge in [0.1, 0.15) is 0 Å². The molecule has 2 aliphatic rings. The summed E-state index contributed by atoms with van der Waals surface area (Å²) in [6.07, 6.45) is 1.95. The molecule has 6 heteroatoms. The number of rotatable bonds is 3. The highest BCUT2D eigenvalue weighted by molar-refractivity contribution is 9.10. The molecule has 0 saturated carbocycles. The molecule has 1 aromatic rings. The number of piperidine rings is 1. The molecule has 0 aromatic heterocycles. The molecule has 2 fully saturated rings. The standard InChI is InChI=1S/C18H23BrN2O3/c19-16-3-1-2-14(12-16)13-17(22)20-6-4-15(5-7-20)18(23)21-8-10-24-11-9-21/h1-3,12,15H,4-11,13H2. The Morgan fingerprint density at radius 3 is 2.46 bits per heavy atom. The summed E-state index contributed by atoms with van der Waals surface area (Å²) < 4.78 is 6.29. The summed E-state index contributed by atoms with van der Waals surface area (Å²) in [6, 6.07) is 7.85. The molecule has 130 valence electrons. The quantitative estimate of drug-likeness (QED) is 0.788. The van der Waals surface area contributed by atoms with Gasteiger partial charge in [-0.1, -0.05) is 28.1 Å². The maximum absolute atomic E-state index is 12.5. The number of hydrogen-bond donors (Lipinski definition) is 0. The van der Waals surface area contributed by atoms with Gasteiger partial charge in [-0.15, -0.1) is 0 Å². The normalized spacial score (nSPS) is 19.4. The van der Waals surface area contributed by atoms with Crippen LogP contribution in [0, 0.1) is 5.92 Å². The first-order valence-corrected chi connectivity index (χ1v) is 9.31. The van der Waals surface area contributed by atoms with Crippen molar-refractivity contribution in [3.8, 4) is 0 Å². The number of morpholine rings is 1. The Bertz CT molecular complexity index is 594. The monoisotopic (exact) mass is 394 g/mol. The molecule has 0 atom stereocenters. The fraction of sp³-hybridized carbons (Fsp3) is 0.556. The van der Waals surface area contributed by atoms with Gasteiger partial charge in [0, 0.05) is 36.6 Å². The number of benzene rings is 1. The number of nitrogens with zero attached hydrogens (tertiary/aromatic N) is 2. The molecular formula is C18H23BrN2O3. The number of hydrogen-bond acceptors (Lipinski definition) is 3. The van der Waals surface area contributed by atoms with E-state index in [4.69, 9.17) is 4.74 Å². The fourth-order valence-corrected chi connectivity index (χ4v) is 3.80.